The van der Waals surface area contributed by atoms with Gasteiger partial charge in [-0.3, -0.25) is 4.28 Å². The molecule has 0 aromatic heterocycles. The number of nitrogens with zero attached hydrogens (tertiary/aromatic N) is 2. The van der Waals surface area contributed by atoms with E-state index in [0.29, 0.717) is 17.1 Å². The molecule has 0 saturated heterocycles. The average Bonchev–Trinajstić information content (AvgIpc) is 2.62. The van der Waals surface area contributed by atoms with Gasteiger partial charge in [0.1, 0.15) is 22.5 Å². The molecular weight excluding hydrogens is 332 g/mol. The third-order valence-corrected chi connectivity index (χ3v) is 4.16. The van der Waals surface area contributed by atoms with Crippen molar-refractivity contribution in [1.29, 1.82) is 5.26 Å². The number of ether oxygens (including phenoxy) is 2. The molecule has 2 aromatic carbocycles. The molecule has 0 radical (unpaired) electrons. The van der Waals surface area contributed by atoms with Crippen LogP contribution in [0.25, 0.3) is 0 Å². The van der Waals surface area contributed by atoms with Crippen LogP contribution in [0.1, 0.15) is 5.56 Å². The van der Waals surface area contributed by atoms with Gasteiger partial charge in [0.15, 0.2) is 5.71 Å². The first-order valence-corrected chi connectivity index (χ1v) is 8.11. The highest BCUT2D eigenvalue weighted by molar-refractivity contribution is 7.86. The SMILES string of the molecule is COc1ccc(C(C#N)=NOS(=O)(=O)c2ccc(OC)cc2)cc1. The van der Waals surface area contributed by atoms with Gasteiger partial charge in [0.25, 0.3) is 0 Å². The van der Waals surface area contributed by atoms with Gasteiger partial charge in [0.2, 0.25) is 0 Å². The van der Waals surface area contributed by atoms with Crippen molar-refractivity contribution in [2.24, 2.45) is 5.16 Å². The Hall–Kier alpha value is -3.05. The van der Waals surface area contributed by atoms with Gasteiger partial charge >= 0.3 is 10.1 Å². The molecule has 0 aliphatic heterocycles. The van der Waals surface area contributed by atoms with E-state index in [2.05, 4.69) is 9.44 Å². The first-order valence-electron chi connectivity index (χ1n) is 6.70. The van der Waals surface area contributed by atoms with Crippen LogP contribution in [0.5, 0.6) is 11.5 Å². The fraction of sp³-hybridized carbons (Fsp3) is 0.125. The maximum atomic E-state index is 12.1. The van der Waals surface area contributed by atoms with Crippen LogP contribution in [0, 0.1) is 11.3 Å². The minimum atomic E-state index is -4.13. The molecule has 0 aliphatic rings. The number of benzene rings is 2. The quantitative estimate of drug-likeness (QED) is 0.588. The van der Waals surface area contributed by atoms with E-state index < -0.39 is 10.1 Å². The number of nitriles is 1. The van der Waals surface area contributed by atoms with Crippen molar-refractivity contribution in [3.05, 3.63) is 54.1 Å². The molecule has 0 fully saturated rings. The Morgan fingerprint density at radius 1 is 0.958 bits per heavy atom. The van der Waals surface area contributed by atoms with E-state index >= 15 is 0 Å². The van der Waals surface area contributed by atoms with Crippen LogP contribution in [0.2, 0.25) is 0 Å². The lowest BCUT2D eigenvalue weighted by molar-refractivity contribution is 0.339. The first kappa shape index (κ1) is 17.3. The van der Waals surface area contributed by atoms with Crippen LogP contribution >= 0.6 is 0 Å². The normalized spacial score (nSPS) is 11.5. The monoisotopic (exact) mass is 346 g/mol. The van der Waals surface area contributed by atoms with E-state index in [4.69, 9.17) is 14.7 Å². The van der Waals surface area contributed by atoms with E-state index in [9.17, 15) is 8.42 Å². The summed E-state index contributed by atoms with van der Waals surface area (Å²) in [5.41, 5.74) is 0.234. The average molecular weight is 346 g/mol. The van der Waals surface area contributed by atoms with Crippen LogP contribution in [0.4, 0.5) is 0 Å². The zero-order chi connectivity index (χ0) is 17.6. The van der Waals surface area contributed by atoms with Gasteiger partial charge < -0.3 is 9.47 Å². The highest BCUT2D eigenvalue weighted by atomic mass is 32.2. The van der Waals surface area contributed by atoms with Crippen molar-refractivity contribution >= 4 is 15.8 Å². The maximum absolute atomic E-state index is 12.1. The standard InChI is InChI=1S/C16H14N2O5S/c1-21-13-5-3-12(4-6-13)16(11-17)18-23-24(19,20)15-9-7-14(22-2)8-10-15/h3-10H,1-2H3. The summed E-state index contributed by atoms with van der Waals surface area (Å²) in [5.74, 6) is 1.11. The maximum Gasteiger partial charge on any atom is 0.358 e. The smallest absolute Gasteiger partial charge is 0.358 e. The van der Waals surface area contributed by atoms with Gasteiger partial charge in [-0.1, -0.05) is 5.16 Å². The Kier molecular flexibility index (Phi) is 5.39. The lowest BCUT2D eigenvalue weighted by Gasteiger charge is -2.04. The summed E-state index contributed by atoms with van der Waals surface area (Å²) in [6.45, 7) is 0. The molecule has 0 amide bonds. The third kappa shape index (κ3) is 4.02. The molecule has 0 aliphatic carbocycles. The molecule has 0 saturated carbocycles. The molecule has 2 aromatic rings. The highest BCUT2D eigenvalue weighted by Gasteiger charge is 2.17. The summed E-state index contributed by atoms with van der Waals surface area (Å²) >= 11 is 0. The molecule has 8 heteroatoms. The van der Waals surface area contributed by atoms with Gasteiger partial charge in [-0.25, -0.2) is 0 Å². The molecular formula is C16H14N2O5S. The summed E-state index contributed by atoms with van der Waals surface area (Å²) in [7, 11) is -1.15. The second-order valence-corrected chi connectivity index (χ2v) is 6.01. The highest BCUT2D eigenvalue weighted by Crippen LogP contribution is 2.18. The van der Waals surface area contributed by atoms with Crippen molar-refractivity contribution in [2.75, 3.05) is 14.2 Å². The van der Waals surface area contributed by atoms with E-state index in [1.807, 2.05) is 0 Å². The number of rotatable bonds is 6. The summed E-state index contributed by atoms with van der Waals surface area (Å²) in [5, 5.41) is 12.6. The fourth-order valence-electron chi connectivity index (χ4n) is 1.76. The minimum Gasteiger partial charge on any atom is -0.497 e. The molecule has 2 rings (SSSR count). The lowest BCUT2D eigenvalue weighted by atomic mass is 10.1. The van der Waals surface area contributed by atoms with Crippen LogP contribution in [0.15, 0.2) is 58.6 Å². The van der Waals surface area contributed by atoms with E-state index in [-0.39, 0.29) is 10.6 Å². The van der Waals surface area contributed by atoms with Gasteiger partial charge in [0.05, 0.1) is 14.2 Å². The first-order chi connectivity index (χ1) is 11.5. The number of hydrogen-bond donors (Lipinski definition) is 0. The summed E-state index contributed by atoms with van der Waals surface area (Å²) in [6, 6.07) is 13.8. The zero-order valence-corrected chi connectivity index (χ0v) is 13.8. The van der Waals surface area contributed by atoms with Crippen molar-refractivity contribution in [2.45, 2.75) is 4.90 Å². The van der Waals surface area contributed by atoms with Crippen molar-refractivity contribution in [1.82, 2.24) is 0 Å². The Labute approximate surface area is 139 Å². The van der Waals surface area contributed by atoms with Crippen molar-refractivity contribution < 1.29 is 22.2 Å². The molecule has 0 bridgehead atoms. The topological polar surface area (TPSA) is 98.0 Å². The molecule has 0 spiro atoms. The Balaban J connectivity index is 2.23. The van der Waals surface area contributed by atoms with Gasteiger partial charge in [-0.05, 0) is 48.5 Å². The largest absolute Gasteiger partial charge is 0.497 e. The van der Waals surface area contributed by atoms with Crippen LogP contribution in [0.3, 0.4) is 0 Å². The van der Waals surface area contributed by atoms with Crippen molar-refractivity contribution in [3.8, 4) is 17.6 Å². The van der Waals surface area contributed by atoms with Gasteiger partial charge in [-0.2, -0.15) is 13.7 Å². The summed E-state index contributed by atoms with van der Waals surface area (Å²) < 4.78 is 38.8. The number of hydrogen-bond acceptors (Lipinski definition) is 7. The minimum absolute atomic E-state index is 0.0981. The third-order valence-electron chi connectivity index (χ3n) is 3.04. The lowest BCUT2D eigenvalue weighted by Crippen LogP contribution is -2.06. The van der Waals surface area contributed by atoms with Crippen molar-refractivity contribution in [3.63, 3.8) is 0 Å². The van der Waals surface area contributed by atoms with E-state index in [0.717, 1.165) is 0 Å². The summed E-state index contributed by atoms with van der Waals surface area (Å²) in [6.07, 6.45) is 0. The predicted octanol–water partition coefficient (Wildman–Crippen LogP) is 2.34. The zero-order valence-electron chi connectivity index (χ0n) is 13.0. The Morgan fingerprint density at radius 3 is 1.92 bits per heavy atom. The second kappa shape index (κ2) is 7.48. The summed E-state index contributed by atoms with van der Waals surface area (Å²) in [4.78, 5) is -0.0981. The predicted molar refractivity (Wildman–Crippen MR) is 86.4 cm³/mol. The fourth-order valence-corrected chi connectivity index (χ4v) is 2.49. The van der Waals surface area contributed by atoms with Gasteiger partial charge in [-0.15, -0.1) is 0 Å². The van der Waals surface area contributed by atoms with Gasteiger partial charge in [0, 0.05) is 5.56 Å². The molecule has 7 nitrogen and oxygen atoms in total. The molecule has 0 unspecified atom stereocenters. The molecule has 0 atom stereocenters. The van der Waals surface area contributed by atoms with E-state index in [1.54, 1.807) is 30.3 Å². The molecule has 124 valence electrons. The molecule has 0 N–H and O–H groups in total. The molecule has 24 heavy (non-hydrogen) atoms. The molecule has 0 heterocycles. The van der Waals surface area contributed by atoms with E-state index in [1.165, 1.54) is 38.5 Å². The van der Waals surface area contributed by atoms with Crippen LogP contribution in [-0.2, 0) is 14.4 Å². The Bertz CT molecular complexity index is 866. The number of oxime groups is 1. The van der Waals surface area contributed by atoms with Crippen LogP contribution in [-0.4, -0.2) is 28.3 Å². The number of methoxy groups -OCH3 is 2. The second-order valence-electron chi connectivity index (χ2n) is 4.48. The van der Waals surface area contributed by atoms with Crippen LogP contribution < -0.4 is 9.47 Å². The Morgan fingerprint density at radius 2 is 1.46 bits per heavy atom.